The van der Waals surface area contributed by atoms with Gasteiger partial charge in [0.05, 0.1) is 5.25 Å². The van der Waals surface area contributed by atoms with E-state index in [-0.39, 0.29) is 5.25 Å². The summed E-state index contributed by atoms with van der Waals surface area (Å²) in [6.07, 6.45) is 1.76. The summed E-state index contributed by atoms with van der Waals surface area (Å²) in [5.74, 6) is 0.912. The summed E-state index contributed by atoms with van der Waals surface area (Å²) in [7, 11) is -3.22. The molecule has 7 heteroatoms. The third kappa shape index (κ3) is 3.93. The Balaban J connectivity index is 1.94. The quantitative estimate of drug-likeness (QED) is 0.830. The summed E-state index contributed by atoms with van der Waals surface area (Å²) in [5.41, 5.74) is 0. The lowest BCUT2D eigenvalue weighted by Gasteiger charge is -2.35. The number of nitrogens with one attached hydrogen (secondary N) is 1. The lowest BCUT2D eigenvalue weighted by Crippen LogP contribution is -2.52. The Morgan fingerprint density at radius 2 is 2.00 bits per heavy atom. The molecule has 0 amide bonds. The van der Waals surface area contributed by atoms with E-state index in [4.69, 9.17) is 0 Å². The Hall–Kier alpha value is -1.18. The molecule has 1 fully saturated rings. The molecule has 0 spiro atoms. The second kappa shape index (κ2) is 7.20. The van der Waals surface area contributed by atoms with Crippen LogP contribution in [0.4, 0.5) is 5.82 Å². The highest BCUT2D eigenvalue weighted by Crippen LogP contribution is 2.16. The van der Waals surface area contributed by atoms with Gasteiger partial charge in [0.25, 0.3) is 0 Å². The van der Waals surface area contributed by atoms with E-state index in [9.17, 15) is 8.42 Å². The number of piperazine rings is 1. The van der Waals surface area contributed by atoms with Crippen LogP contribution in [0, 0.1) is 0 Å². The fraction of sp³-hybridized carbons (Fsp3) is 0.643. The lowest BCUT2D eigenvalue weighted by atomic mass is 10.3. The van der Waals surface area contributed by atoms with Gasteiger partial charge in [-0.05, 0) is 25.6 Å². The molecule has 0 radical (unpaired) electrons. The zero-order valence-corrected chi connectivity index (χ0v) is 13.5. The first kappa shape index (κ1) is 16.2. The first-order valence-electron chi connectivity index (χ1n) is 7.41. The van der Waals surface area contributed by atoms with E-state index < -0.39 is 10.0 Å². The summed E-state index contributed by atoms with van der Waals surface area (Å²) < 4.78 is 26.6. The third-order valence-electron chi connectivity index (χ3n) is 3.76. The summed E-state index contributed by atoms with van der Waals surface area (Å²) >= 11 is 0. The number of hydrogen-bond donors (Lipinski definition) is 1. The summed E-state index contributed by atoms with van der Waals surface area (Å²) in [5, 5.41) is 2.71. The summed E-state index contributed by atoms with van der Waals surface area (Å²) in [6.45, 7) is 7.44. The monoisotopic (exact) mass is 312 g/mol. The van der Waals surface area contributed by atoms with Gasteiger partial charge < -0.3 is 10.2 Å². The Morgan fingerprint density at radius 1 is 1.29 bits per heavy atom. The van der Waals surface area contributed by atoms with Crippen LogP contribution in [0.2, 0.25) is 0 Å². The van der Waals surface area contributed by atoms with Gasteiger partial charge in [0.15, 0.2) is 0 Å². The van der Waals surface area contributed by atoms with Crippen molar-refractivity contribution in [1.82, 2.24) is 14.6 Å². The minimum atomic E-state index is -3.22. The topological polar surface area (TPSA) is 65.5 Å². The van der Waals surface area contributed by atoms with Crippen LogP contribution in [-0.4, -0.2) is 62.2 Å². The molecular weight excluding hydrogens is 288 g/mol. The molecule has 1 N–H and O–H groups in total. The van der Waals surface area contributed by atoms with Crippen molar-refractivity contribution in [3.8, 4) is 0 Å². The average molecular weight is 312 g/mol. The number of hydrogen-bond acceptors (Lipinski definition) is 5. The average Bonchev–Trinajstić information content (AvgIpc) is 2.53. The first-order chi connectivity index (χ1) is 10.1. The molecule has 1 aliphatic heterocycles. The van der Waals surface area contributed by atoms with Crippen molar-refractivity contribution in [1.29, 1.82) is 0 Å². The molecule has 0 saturated carbocycles. The number of rotatable bonds is 6. The number of aromatic nitrogens is 1. The van der Waals surface area contributed by atoms with E-state index in [1.165, 1.54) is 0 Å². The van der Waals surface area contributed by atoms with Crippen LogP contribution in [0.1, 0.15) is 13.8 Å². The molecule has 1 aromatic rings. The highest BCUT2D eigenvalue weighted by molar-refractivity contribution is 7.89. The largest absolute Gasteiger partial charge is 0.354 e. The van der Waals surface area contributed by atoms with E-state index in [1.54, 1.807) is 17.4 Å². The maximum absolute atomic E-state index is 12.5. The molecule has 1 aliphatic rings. The van der Waals surface area contributed by atoms with Crippen molar-refractivity contribution in [3.05, 3.63) is 24.4 Å². The van der Waals surface area contributed by atoms with Gasteiger partial charge in [0.2, 0.25) is 10.0 Å². The molecule has 2 rings (SSSR count). The number of nitrogens with zero attached hydrogens (tertiary/aromatic N) is 3. The second-order valence-corrected chi connectivity index (χ2v) is 7.59. The molecule has 1 atom stereocenters. The van der Waals surface area contributed by atoms with E-state index >= 15 is 0 Å². The molecule has 6 nitrogen and oxygen atoms in total. The van der Waals surface area contributed by atoms with Crippen molar-refractivity contribution < 1.29 is 8.42 Å². The molecule has 1 aromatic heterocycles. The SMILES string of the molecule is CCNCC(C)S(=O)(=O)N1CCN(c2ccccn2)CC1. The molecule has 1 saturated heterocycles. The summed E-state index contributed by atoms with van der Waals surface area (Å²) in [6, 6.07) is 5.79. The van der Waals surface area contributed by atoms with Crippen molar-refractivity contribution in [3.63, 3.8) is 0 Å². The van der Waals surface area contributed by atoms with Gasteiger partial charge in [0, 0.05) is 38.9 Å². The third-order valence-corrected chi connectivity index (χ3v) is 6.03. The maximum Gasteiger partial charge on any atom is 0.218 e. The minimum Gasteiger partial charge on any atom is -0.354 e. The Morgan fingerprint density at radius 3 is 2.57 bits per heavy atom. The normalized spacial score (nSPS) is 18.7. The van der Waals surface area contributed by atoms with E-state index in [2.05, 4.69) is 15.2 Å². The van der Waals surface area contributed by atoms with Crippen molar-refractivity contribution >= 4 is 15.8 Å². The maximum atomic E-state index is 12.5. The van der Waals surface area contributed by atoms with Crippen molar-refractivity contribution in [2.45, 2.75) is 19.1 Å². The fourth-order valence-electron chi connectivity index (χ4n) is 2.42. The van der Waals surface area contributed by atoms with Gasteiger partial charge in [-0.3, -0.25) is 0 Å². The molecule has 0 aliphatic carbocycles. The van der Waals surface area contributed by atoms with E-state index in [0.29, 0.717) is 32.7 Å². The molecular formula is C14H24N4O2S. The standard InChI is InChI=1S/C14H24N4O2S/c1-3-15-12-13(2)21(19,20)18-10-8-17(9-11-18)14-6-4-5-7-16-14/h4-7,13,15H,3,8-12H2,1-2H3. The predicted molar refractivity (Wildman–Crippen MR) is 84.9 cm³/mol. The van der Waals surface area contributed by atoms with Crippen LogP contribution in [0.3, 0.4) is 0 Å². The second-order valence-electron chi connectivity index (χ2n) is 5.24. The lowest BCUT2D eigenvalue weighted by molar-refractivity contribution is 0.378. The van der Waals surface area contributed by atoms with Crippen LogP contribution in [0.5, 0.6) is 0 Å². The van der Waals surface area contributed by atoms with Gasteiger partial charge in [-0.25, -0.2) is 13.4 Å². The van der Waals surface area contributed by atoms with Crippen LogP contribution in [0.25, 0.3) is 0 Å². The van der Waals surface area contributed by atoms with Gasteiger partial charge in [-0.2, -0.15) is 4.31 Å². The first-order valence-corrected chi connectivity index (χ1v) is 8.91. The predicted octanol–water partition coefficient (Wildman–Crippen LogP) is 0.531. The Labute approximate surface area is 127 Å². The van der Waals surface area contributed by atoms with Gasteiger partial charge >= 0.3 is 0 Å². The molecule has 2 heterocycles. The van der Waals surface area contributed by atoms with Gasteiger partial charge in [-0.15, -0.1) is 0 Å². The van der Waals surface area contributed by atoms with E-state index in [1.807, 2.05) is 25.1 Å². The molecule has 118 valence electrons. The van der Waals surface area contributed by atoms with Crippen LogP contribution >= 0.6 is 0 Å². The fourth-order valence-corrected chi connectivity index (χ4v) is 3.93. The number of anilines is 1. The Bertz CT molecular complexity index is 527. The van der Waals surface area contributed by atoms with Crippen LogP contribution in [0.15, 0.2) is 24.4 Å². The molecule has 0 aromatic carbocycles. The molecule has 21 heavy (non-hydrogen) atoms. The highest BCUT2D eigenvalue weighted by Gasteiger charge is 2.31. The van der Waals surface area contributed by atoms with Crippen LogP contribution in [-0.2, 0) is 10.0 Å². The Kier molecular flexibility index (Phi) is 5.55. The number of pyridine rings is 1. The summed E-state index contributed by atoms with van der Waals surface area (Å²) in [4.78, 5) is 6.44. The molecule has 0 bridgehead atoms. The van der Waals surface area contributed by atoms with Crippen LogP contribution < -0.4 is 10.2 Å². The minimum absolute atomic E-state index is 0.390. The zero-order valence-electron chi connectivity index (χ0n) is 12.7. The van der Waals surface area contributed by atoms with E-state index in [0.717, 1.165) is 12.4 Å². The molecule has 1 unspecified atom stereocenters. The van der Waals surface area contributed by atoms with Crippen molar-refractivity contribution in [2.75, 3.05) is 44.2 Å². The van der Waals surface area contributed by atoms with Crippen molar-refractivity contribution in [2.24, 2.45) is 0 Å². The highest BCUT2D eigenvalue weighted by atomic mass is 32.2. The number of sulfonamides is 1. The van der Waals surface area contributed by atoms with Gasteiger partial charge in [0.1, 0.15) is 5.82 Å². The zero-order chi connectivity index (χ0) is 15.3. The smallest absolute Gasteiger partial charge is 0.218 e. The van der Waals surface area contributed by atoms with Gasteiger partial charge in [-0.1, -0.05) is 13.0 Å².